The van der Waals surface area contributed by atoms with Crippen molar-refractivity contribution in [1.29, 1.82) is 0 Å². The zero-order valence-corrected chi connectivity index (χ0v) is 13.8. The number of carbonyl (C=O) groups is 2. The van der Waals surface area contributed by atoms with Crippen LogP contribution in [0.1, 0.15) is 26.3 Å². The Labute approximate surface area is 140 Å². The number of hydrogen-bond acceptors (Lipinski definition) is 4. The van der Waals surface area contributed by atoms with Crippen LogP contribution in [-0.4, -0.2) is 11.9 Å². The van der Waals surface area contributed by atoms with E-state index in [0.717, 1.165) is 11.1 Å². The van der Waals surface area contributed by atoms with E-state index < -0.39 is 5.97 Å². The van der Waals surface area contributed by atoms with Gasteiger partial charge in [0.2, 0.25) is 0 Å². The summed E-state index contributed by atoms with van der Waals surface area (Å²) in [4.78, 5) is 21.1. The summed E-state index contributed by atoms with van der Waals surface area (Å²) in [6.45, 7) is 8.36. The van der Waals surface area contributed by atoms with Crippen LogP contribution < -0.4 is 9.47 Å². The molecule has 0 amide bonds. The minimum absolute atomic E-state index is 0.311. The molecule has 0 saturated carbocycles. The van der Waals surface area contributed by atoms with E-state index >= 15 is 0 Å². The average molecular weight is 330 g/mol. The number of halogens is 1. The van der Waals surface area contributed by atoms with Crippen LogP contribution in [0.2, 0.25) is 0 Å². The summed E-state index contributed by atoms with van der Waals surface area (Å²) in [5, 5.41) is 0. The highest BCUT2D eigenvalue weighted by Gasteiger charge is 2.04. The number of benzene rings is 2. The third-order valence-corrected chi connectivity index (χ3v) is 2.68. The van der Waals surface area contributed by atoms with Crippen molar-refractivity contribution in [3.05, 3.63) is 66.5 Å². The van der Waals surface area contributed by atoms with E-state index in [1.54, 1.807) is 6.07 Å². The Hall–Kier alpha value is -2.95. The second-order valence-corrected chi connectivity index (χ2v) is 4.92. The highest BCUT2D eigenvalue weighted by atomic mass is 19.1. The van der Waals surface area contributed by atoms with Crippen LogP contribution in [0.4, 0.5) is 4.39 Å². The van der Waals surface area contributed by atoms with Gasteiger partial charge in [0, 0.05) is 19.4 Å². The smallest absolute Gasteiger partial charge is 0.308 e. The van der Waals surface area contributed by atoms with Crippen molar-refractivity contribution in [2.45, 2.75) is 20.8 Å². The fourth-order valence-corrected chi connectivity index (χ4v) is 1.73. The van der Waals surface area contributed by atoms with E-state index in [9.17, 15) is 14.0 Å². The summed E-state index contributed by atoms with van der Waals surface area (Å²) in [5.74, 6) is -0.132. The maximum Gasteiger partial charge on any atom is 0.308 e. The molecule has 0 unspecified atom stereocenters. The minimum atomic E-state index is -0.406. The van der Waals surface area contributed by atoms with Gasteiger partial charge in [-0.1, -0.05) is 24.8 Å². The molecule has 24 heavy (non-hydrogen) atoms. The monoisotopic (exact) mass is 330 g/mol. The molecule has 0 aliphatic heterocycles. The highest BCUT2D eigenvalue weighted by molar-refractivity contribution is 5.74. The third-order valence-electron chi connectivity index (χ3n) is 2.68. The zero-order chi connectivity index (χ0) is 18.1. The van der Waals surface area contributed by atoms with Crippen molar-refractivity contribution in [1.82, 2.24) is 0 Å². The molecule has 0 atom stereocenters. The standard InChI is InChI=1S/C11H12O2.C8H7FO2/c1-8(2)10-6-4-5-7-11(10)13-9(3)12;1-6(10)11-8-4-2-7(9)3-5-8/h4-7H,1H2,2-3H3;2-5H,1H3. The number of para-hydroxylation sites is 1. The Morgan fingerprint density at radius 1 is 0.875 bits per heavy atom. The van der Waals surface area contributed by atoms with Crippen LogP contribution >= 0.6 is 0 Å². The fraction of sp³-hybridized carbons (Fsp3) is 0.158. The molecule has 5 heteroatoms. The van der Waals surface area contributed by atoms with Crippen LogP contribution in [-0.2, 0) is 9.59 Å². The number of ether oxygens (including phenoxy) is 2. The molecule has 126 valence electrons. The van der Waals surface area contributed by atoms with E-state index in [1.165, 1.54) is 38.1 Å². The molecule has 0 heterocycles. The Kier molecular flexibility index (Phi) is 7.36. The maximum atomic E-state index is 12.3. The van der Waals surface area contributed by atoms with Gasteiger partial charge in [-0.15, -0.1) is 0 Å². The summed E-state index contributed by atoms with van der Waals surface area (Å²) in [6.07, 6.45) is 0. The molecule has 0 N–H and O–H groups in total. The third kappa shape index (κ3) is 6.87. The summed E-state index contributed by atoms with van der Waals surface area (Å²) in [7, 11) is 0. The van der Waals surface area contributed by atoms with Crippen molar-refractivity contribution < 1.29 is 23.5 Å². The van der Waals surface area contributed by atoms with E-state index in [4.69, 9.17) is 4.74 Å². The first kappa shape index (κ1) is 19.1. The molecule has 0 bridgehead atoms. The number of esters is 2. The van der Waals surface area contributed by atoms with Gasteiger partial charge in [0.05, 0.1) is 0 Å². The molecule has 0 aliphatic carbocycles. The molecule has 0 saturated heterocycles. The lowest BCUT2D eigenvalue weighted by atomic mass is 10.1. The SMILES string of the molecule is C=C(C)c1ccccc1OC(C)=O.CC(=O)Oc1ccc(F)cc1. The molecule has 0 aliphatic rings. The predicted octanol–water partition coefficient (Wildman–Crippen LogP) is 4.40. The molecule has 4 nitrogen and oxygen atoms in total. The van der Waals surface area contributed by atoms with Crippen molar-refractivity contribution in [2.24, 2.45) is 0 Å². The lowest BCUT2D eigenvalue weighted by molar-refractivity contribution is -0.132. The number of rotatable bonds is 3. The van der Waals surface area contributed by atoms with Gasteiger partial charge in [0.25, 0.3) is 0 Å². The maximum absolute atomic E-state index is 12.3. The van der Waals surface area contributed by atoms with Gasteiger partial charge in [0.15, 0.2) is 0 Å². The van der Waals surface area contributed by atoms with Crippen LogP contribution in [0, 0.1) is 5.82 Å². The lowest BCUT2D eigenvalue weighted by Gasteiger charge is -2.07. The van der Waals surface area contributed by atoms with E-state index in [1.807, 2.05) is 25.1 Å². The molecular formula is C19H19FO4. The van der Waals surface area contributed by atoms with Gasteiger partial charge in [-0.25, -0.2) is 4.39 Å². The Morgan fingerprint density at radius 2 is 1.42 bits per heavy atom. The van der Waals surface area contributed by atoms with Gasteiger partial charge >= 0.3 is 11.9 Å². The zero-order valence-electron chi connectivity index (χ0n) is 13.8. The van der Waals surface area contributed by atoms with Gasteiger partial charge in [-0.05, 0) is 42.8 Å². The molecule has 2 aromatic carbocycles. The topological polar surface area (TPSA) is 52.6 Å². The van der Waals surface area contributed by atoms with Crippen LogP contribution in [0.25, 0.3) is 5.57 Å². The molecule has 0 radical (unpaired) electrons. The largest absolute Gasteiger partial charge is 0.427 e. The summed E-state index contributed by atoms with van der Waals surface area (Å²) in [5.41, 5.74) is 1.76. The molecule has 2 rings (SSSR count). The summed E-state index contributed by atoms with van der Waals surface area (Å²) in [6, 6.07) is 12.6. The Balaban J connectivity index is 0.000000243. The Bertz CT molecular complexity index is 720. The normalized spacial score (nSPS) is 9.33. The first-order valence-corrected chi connectivity index (χ1v) is 7.17. The molecule has 0 fully saturated rings. The van der Waals surface area contributed by atoms with Crippen LogP contribution in [0.5, 0.6) is 11.5 Å². The van der Waals surface area contributed by atoms with Crippen LogP contribution in [0.15, 0.2) is 55.1 Å². The summed E-state index contributed by atoms with van der Waals surface area (Å²) >= 11 is 0. The summed E-state index contributed by atoms with van der Waals surface area (Å²) < 4.78 is 22.0. The highest BCUT2D eigenvalue weighted by Crippen LogP contribution is 2.24. The molecule has 0 aromatic heterocycles. The lowest BCUT2D eigenvalue weighted by Crippen LogP contribution is -2.02. The fourth-order valence-electron chi connectivity index (χ4n) is 1.73. The number of allylic oxidation sites excluding steroid dienone is 1. The van der Waals surface area contributed by atoms with Gasteiger partial charge in [0.1, 0.15) is 17.3 Å². The second kappa shape index (κ2) is 9.25. The van der Waals surface area contributed by atoms with E-state index in [-0.39, 0.29) is 11.8 Å². The molecule has 2 aromatic rings. The second-order valence-electron chi connectivity index (χ2n) is 4.92. The van der Waals surface area contributed by atoms with Crippen molar-refractivity contribution in [3.63, 3.8) is 0 Å². The first-order valence-electron chi connectivity index (χ1n) is 7.17. The molecular weight excluding hydrogens is 311 g/mol. The van der Waals surface area contributed by atoms with Crippen molar-refractivity contribution in [3.8, 4) is 11.5 Å². The quantitative estimate of drug-likeness (QED) is 0.618. The molecule has 0 spiro atoms. The van der Waals surface area contributed by atoms with E-state index in [2.05, 4.69) is 11.3 Å². The number of hydrogen-bond donors (Lipinski definition) is 0. The van der Waals surface area contributed by atoms with Crippen molar-refractivity contribution >= 4 is 17.5 Å². The van der Waals surface area contributed by atoms with Gasteiger partial charge in [-0.2, -0.15) is 0 Å². The minimum Gasteiger partial charge on any atom is -0.427 e. The first-order chi connectivity index (χ1) is 11.3. The predicted molar refractivity (Wildman–Crippen MR) is 90.2 cm³/mol. The average Bonchev–Trinajstić information content (AvgIpc) is 2.49. The van der Waals surface area contributed by atoms with E-state index in [0.29, 0.717) is 11.5 Å². The van der Waals surface area contributed by atoms with Gasteiger partial charge in [-0.3, -0.25) is 9.59 Å². The van der Waals surface area contributed by atoms with Crippen molar-refractivity contribution in [2.75, 3.05) is 0 Å². The Morgan fingerprint density at radius 3 is 1.92 bits per heavy atom. The number of carbonyl (C=O) groups excluding carboxylic acids is 2. The van der Waals surface area contributed by atoms with Gasteiger partial charge < -0.3 is 9.47 Å². The van der Waals surface area contributed by atoms with Crippen LogP contribution in [0.3, 0.4) is 0 Å².